The third-order valence-corrected chi connectivity index (χ3v) is 3.01. The third kappa shape index (κ3) is 3.84. The SMILES string of the molecule is CNC(COCC(F)(F)F)c1ccc2c(c1)CCO2. The van der Waals surface area contributed by atoms with Crippen LogP contribution in [0.1, 0.15) is 17.2 Å². The Morgan fingerprint density at radius 3 is 2.89 bits per heavy atom. The summed E-state index contributed by atoms with van der Waals surface area (Å²) in [5.41, 5.74) is 2.00. The zero-order valence-corrected chi connectivity index (χ0v) is 10.6. The molecule has 0 aromatic heterocycles. The lowest BCUT2D eigenvalue weighted by Crippen LogP contribution is -2.25. The van der Waals surface area contributed by atoms with Gasteiger partial charge in [0, 0.05) is 6.42 Å². The van der Waals surface area contributed by atoms with Crippen molar-refractivity contribution in [3.63, 3.8) is 0 Å². The molecule has 19 heavy (non-hydrogen) atoms. The normalized spacial score (nSPS) is 16.0. The fourth-order valence-corrected chi connectivity index (χ4v) is 2.06. The highest BCUT2D eigenvalue weighted by molar-refractivity contribution is 5.40. The monoisotopic (exact) mass is 275 g/mol. The zero-order chi connectivity index (χ0) is 13.9. The van der Waals surface area contributed by atoms with Crippen molar-refractivity contribution in [1.82, 2.24) is 5.32 Å². The van der Waals surface area contributed by atoms with E-state index in [0.717, 1.165) is 23.3 Å². The fraction of sp³-hybridized carbons (Fsp3) is 0.538. The van der Waals surface area contributed by atoms with Gasteiger partial charge in [0.1, 0.15) is 12.4 Å². The van der Waals surface area contributed by atoms with E-state index in [0.29, 0.717) is 6.61 Å². The van der Waals surface area contributed by atoms with Crippen LogP contribution in [0.5, 0.6) is 5.75 Å². The van der Waals surface area contributed by atoms with E-state index >= 15 is 0 Å². The van der Waals surface area contributed by atoms with Crippen molar-refractivity contribution in [2.75, 3.05) is 26.9 Å². The van der Waals surface area contributed by atoms with Crippen molar-refractivity contribution < 1.29 is 22.6 Å². The van der Waals surface area contributed by atoms with Crippen molar-refractivity contribution >= 4 is 0 Å². The summed E-state index contributed by atoms with van der Waals surface area (Å²) in [7, 11) is 1.70. The van der Waals surface area contributed by atoms with Crippen molar-refractivity contribution in [3.05, 3.63) is 29.3 Å². The molecule has 1 aliphatic heterocycles. The summed E-state index contributed by atoms with van der Waals surface area (Å²) < 4.78 is 46.2. The molecular formula is C13H16F3NO2. The van der Waals surface area contributed by atoms with Crippen LogP contribution < -0.4 is 10.1 Å². The quantitative estimate of drug-likeness (QED) is 0.895. The Kier molecular flexibility index (Phi) is 4.31. The summed E-state index contributed by atoms with van der Waals surface area (Å²) in [6.07, 6.45) is -3.45. The van der Waals surface area contributed by atoms with E-state index < -0.39 is 12.8 Å². The smallest absolute Gasteiger partial charge is 0.411 e. The van der Waals surface area contributed by atoms with Crippen LogP contribution in [0.4, 0.5) is 13.2 Å². The molecule has 0 radical (unpaired) electrons. The lowest BCUT2D eigenvalue weighted by atomic mass is 10.0. The summed E-state index contributed by atoms with van der Waals surface area (Å²) in [5, 5.41) is 2.96. The molecule has 1 aromatic rings. The second-order valence-electron chi connectivity index (χ2n) is 4.44. The van der Waals surface area contributed by atoms with E-state index in [1.807, 2.05) is 18.2 Å². The van der Waals surface area contributed by atoms with Crippen LogP contribution in [0.15, 0.2) is 18.2 Å². The Hall–Kier alpha value is -1.27. The van der Waals surface area contributed by atoms with Crippen LogP contribution >= 0.6 is 0 Å². The second kappa shape index (κ2) is 5.79. The van der Waals surface area contributed by atoms with Crippen LogP contribution in [0, 0.1) is 0 Å². The number of fused-ring (bicyclic) bond motifs is 1. The zero-order valence-electron chi connectivity index (χ0n) is 10.6. The molecular weight excluding hydrogens is 259 g/mol. The van der Waals surface area contributed by atoms with Gasteiger partial charge in [-0.05, 0) is 24.2 Å². The standard InChI is InChI=1S/C13H16F3NO2/c1-17-11(7-18-8-13(14,15)16)9-2-3-12-10(6-9)4-5-19-12/h2-3,6,11,17H,4-5,7-8H2,1H3. The van der Waals surface area contributed by atoms with Gasteiger partial charge in [-0.2, -0.15) is 13.2 Å². The Bertz CT molecular complexity index is 434. The van der Waals surface area contributed by atoms with E-state index in [-0.39, 0.29) is 12.6 Å². The lowest BCUT2D eigenvalue weighted by Gasteiger charge is -2.18. The number of likely N-dealkylation sites (N-methyl/N-ethyl adjacent to an activating group) is 1. The molecule has 6 heteroatoms. The highest BCUT2D eigenvalue weighted by Crippen LogP contribution is 2.28. The molecule has 1 aliphatic rings. The largest absolute Gasteiger partial charge is 0.493 e. The Labute approximate surface area is 109 Å². The van der Waals surface area contributed by atoms with Gasteiger partial charge in [-0.1, -0.05) is 12.1 Å². The van der Waals surface area contributed by atoms with Crippen LogP contribution in [-0.2, 0) is 11.2 Å². The average molecular weight is 275 g/mol. The maximum Gasteiger partial charge on any atom is 0.411 e. The summed E-state index contributed by atoms with van der Waals surface area (Å²) >= 11 is 0. The van der Waals surface area contributed by atoms with Gasteiger partial charge in [0.2, 0.25) is 0 Å². The topological polar surface area (TPSA) is 30.5 Å². The molecule has 0 bridgehead atoms. The number of hydrogen-bond acceptors (Lipinski definition) is 3. The molecule has 0 fully saturated rings. The highest BCUT2D eigenvalue weighted by Gasteiger charge is 2.28. The van der Waals surface area contributed by atoms with Gasteiger partial charge in [-0.3, -0.25) is 0 Å². The van der Waals surface area contributed by atoms with Gasteiger partial charge in [0.05, 0.1) is 19.3 Å². The molecule has 3 nitrogen and oxygen atoms in total. The Balaban J connectivity index is 1.97. The first-order valence-electron chi connectivity index (χ1n) is 6.07. The first-order valence-corrected chi connectivity index (χ1v) is 6.07. The lowest BCUT2D eigenvalue weighted by molar-refractivity contribution is -0.175. The van der Waals surface area contributed by atoms with Crippen molar-refractivity contribution in [2.24, 2.45) is 0 Å². The fourth-order valence-electron chi connectivity index (χ4n) is 2.06. The third-order valence-electron chi connectivity index (χ3n) is 3.01. The van der Waals surface area contributed by atoms with Crippen LogP contribution in [0.25, 0.3) is 0 Å². The minimum atomic E-state index is -4.29. The number of rotatable bonds is 5. The number of hydrogen-bond donors (Lipinski definition) is 1. The average Bonchev–Trinajstić information content (AvgIpc) is 2.80. The maximum absolute atomic E-state index is 12.0. The van der Waals surface area contributed by atoms with Crippen molar-refractivity contribution in [3.8, 4) is 5.75 Å². The van der Waals surface area contributed by atoms with E-state index in [1.54, 1.807) is 7.05 Å². The van der Waals surface area contributed by atoms with E-state index in [2.05, 4.69) is 5.32 Å². The van der Waals surface area contributed by atoms with Crippen molar-refractivity contribution in [2.45, 2.75) is 18.6 Å². The number of nitrogens with one attached hydrogen (secondary N) is 1. The first kappa shape index (κ1) is 14.1. The van der Waals surface area contributed by atoms with E-state index in [9.17, 15) is 13.2 Å². The van der Waals surface area contributed by atoms with E-state index in [4.69, 9.17) is 9.47 Å². The van der Waals surface area contributed by atoms with Crippen LogP contribution in [-0.4, -0.2) is 33.0 Å². The molecule has 0 aliphatic carbocycles. The number of ether oxygens (including phenoxy) is 2. The Morgan fingerprint density at radius 2 is 2.21 bits per heavy atom. The number of alkyl halides is 3. The van der Waals surface area contributed by atoms with Gasteiger partial charge in [0.25, 0.3) is 0 Å². The second-order valence-corrected chi connectivity index (χ2v) is 4.44. The highest BCUT2D eigenvalue weighted by atomic mass is 19.4. The van der Waals surface area contributed by atoms with Gasteiger partial charge in [-0.25, -0.2) is 0 Å². The summed E-state index contributed by atoms with van der Waals surface area (Å²) in [6.45, 7) is -0.581. The summed E-state index contributed by atoms with van der Waals surface area (Å²) in [4.78, 5) is 0. The maximum atomic E-state index is 12.0. The predicted molar refractivity (Wildman–Crippen MR) is 64.3 cm³/mol. The molecule has 0 spiro atoms. The van der Waals surface area contributed by atoms with Crippen LogP contribution in [0.3, 0.4) is 0 Å². The molecule has 1 atom stereocenters. The van der Waals surface area contributed by atoms with Gasteiger partial charge < -0.3 is 14.8 Å². The molecule has 1 N–H and O–H groups in total. The molecule has 1 heterocycles. The minimum absolute atomic E-state index is 0.0182. The number of benzene rings is 1. The molecule has 0 saturated heterocycles. The number of halogens is 3. The molecule has 0 amide bonds. The summed E-state index contributed by atoms with van der Waals surface area (Å²) in [6, 6.07) is 5.40. The first-order chi connectivity index (χ1) is 8.99. The van der Waals surface area contributed by atoms with Crippen molar-refractivity contribution in [1.29, 1.82) is 0 Å². The molecule has 2 rings (SSSR count). The van der Waals surface area contributed by atoms with Crippen LogP contribution in [0.2, 0.25) is 0 Å². The predicted octanol–water partition coefficient (Wildman–Crippen LogP) is 2.46. The molecule has 1 unspecified atom stereocenters. The minimum Gasteiger partial charge on any atom is -0.493 e. The van der Waals surface area contributed by atoms with E-state index in [1.165, 1.54) is 0 Å². The molecule has 0 saturated carbocycles. The van der Waals surface area contributed by atoms with Gasteiger partial charge in [-0.15, -0.1) is 0 Å². The molecule has 1 aromatic carbocycles. The van der Waals surface area contributed by atoms with Gasteiger partial charge >= 0.3 is 6.18 Å². The van der Waals surface area contributed by atoms with Gasteiger partial charge in [0.15, 0.2) is 0 Å². The molecule has 106 valence electrons. The summed E-state index contributed by atoms with van der Waals surface area (Å²) in [5.74, 6) is 0.856. The Morgan fingerprint density at radius 1 is 1.42 bits per heavy atom.